The van der Waals surface area contributed by atoms with Gasteiger partial charge in [0.2, 0.25) is 0 Å². The number of hydrogen-bond acceptors (Lipinski definition) is 5. The van der Waals surface area contributed by atoms with Crippen molar-refractivity contribution in [3.8, 4) is 5.75 Å². The molecule has 0 bridgehead atoms. The molecule has 168 valence electrons. The summed E-state index contributed by atoms with van der Waals surface area (Å²) in [6, 6.07) is 1.66. The number of ether oxygens (including phenoxy) is 5. The molecular weight excluding hydrogens is 415 g/mol. The zero-order valence-electron chi connectivity index (χ0n) is 16.3. The largest absolute Gasteiger partial charge is 0.478 e. The highest BCUT2D eigenvalue weighted by Gasteiger charge is 2.35. The zero-order chi connectivity index (χ0) is 21.7. The van der Waals surface area contributed by atoms with Crippen LogP contribution in [0.2, 0.25) is 0 Å². The van der Waals surface area contributed by atoms with Gasteiger partial charge in [0, 0.05) is 11.5 Å². The minimum Gasteiger partial charge on any atom is -0.478 e. The summed E-state index contributed by atoms with van der Waals surface area (Å²) in [7, 11) is 0. The second-order valence-corrected chi connectivity index (χ2v) is 7.11. The van der Waals surface area contributed by atoms with Gasteiger partial charge in [0.1, 0.15) is 0 Å². The van der Waals surface area contributed by atoms with Crippen LogP contribution in [0.4, 0.5) is 22.0 Å². The summed E-state index contributed by atoms with van der Waals surface area (Å²) >= 11 is 0. The Labute approximate surface area is 170 Å². The van der Waals surface area contributed by atoms with E-state index in [4.69, 9.17) is 18.9 Å². The van der Waals surface area contributed by atoms with Gasteiger partial charge in [-0.3, -0.25) is 0 Å². The van der Waals surface area contributed by atoms with E-state index in [9.17, 15) is 22.0 Å². The molecule has 2 aliphatic heterocycles. The molecule has 3 rings (SSSR count). The third kappa shape index (κ3) is 6.13. The second kappa shape index (κ2) is 10.0. The summed E-state index contributed by atoms with van der Waals surface area (Å²) in [6.07, 6.45) is -1.26. The number of allylic oxidation sites excluding steroid dienone is 1. The molecule has 2 aliphatic rings. The van der Waals surface area contributed by atoms with Crippen LogP contribution in [0.3, 0.4) is 0 Å². The van der Waals surface area contributed by atoms with Crippen LogP contribution in [0.5, 0.6) is 5.75 Å². The highest BCUT2D eigenvalue weighted by atomic mass is 19.4. The summed E-state index contributed by atoms with van der Waals surface area (Å²) in [5.74, 6) is -3.67. The molecule has 2 fully saturated rings. The molecule has 0 unspecified atom stereocenters. The van der Waals surface area contributed by atoms with Gasteiger partial charge in [-0.25, -0.2) is 8.78 Å². The Morgan fingerprint density at radius 2 is 1.60 bits per heavy atom. The van der Waals surface area contributed by atoms with E-state index in [-0.39, 0.29) is 30.6 Å². The van der Waals surface area contributed by atoms with E-state index in [1.807, 2.05) is 19.1 Å². The standard InChI is InChI=1S/C20H23F5O5/c1-2-3-4-12-7-26-19(27-8-12)14-9-28-18(29-10-14)13-5-15(21)17(16(22)6-13)30-11-20(23,24)25/h3-6,12,14,18-19H,2,7-11H2,1H3/b4-3+. The van der Waals surface area contributed by atoms with Crippen molar-refractivity contribution in [2.24, 2.45) is 11.8 Å². The van der Waals surface area contributed by atoms with E-state index in [1.165, 1.54) is 0 Å². The number of rotatable bonds is 6. The van der Waals surface area contributed by atoms with Crippen LogP contribution in [0.15, 0.2) is 24.3 Å². The van der Waals surface area contributed by atoms with Crippen molar-refractivity contribution < 1.29 is 45.6 Å². The smallest absolute Gasteiger partial charge is 0.422 e. The molecule has 0 aliphatic carbocycles. The number of benzene rings is 1. The predicted molar refractivity (Wildman–Crippen MR) is 94.7 cm³/mol. The zero-order valence-corrected chi connectivity index (χ0v) is 16.3. The molecule has 0 N–H and O–H groups in total. The third-order valence-electron chi connectivity index (χ3n) is 4.57. The fourth-order valence-electron chi connectivity index (χ4n) is 3.12. The molecular formula is C20H23F5O5. The highest BCUT2D eigenvalue weighted by Crippen LogP contribution is 2.33. The average Bonchev–Trinajstić information content (AvgIpc) is 2.71. The molecule has 0 saturated carbocycles. The molecule has 0 aromatic heterocycles. The van der Waals surface area contributed by atoms with Crippen molar-refractivity contribution in [1.29, 1.82) is 0 Å². The molecule has 0 atom stereocenters. The normalized spacial score (nSPS) is 28.1. The van der Waals surface area contributed by atoms with Gasteiger partial charge in [-0.2, -0.15) is 13.2 Å². The fraction of sp³-hybridized carbons (Fsp3) is 0.600. The molecule has 30 heavy (non-hydrogen) atoms. The molecule has 1 aromatic carbocycles. The van der Waals surface area contributed by atoms with Crippen LogP contribution in [-0.4, -0.2) is 45.5 Å². The van der Waals surface area contributed by atoms with Gasteiger partial charge in [0.25, 0.3) is 0 Å². The summed E-state index contributed by atoms with van der Waals surface area (Å²) < 4.78 is 91.4. The maximum Gasteiger partial charge on any atom is 0.422 e. The van der Waals surface area contributed by atoms with E-state index in [0.29, 0.717) is 13.2 Å². The van der Waals surface area contributed by atoms with E-state index in [1.54, 1.807) is 0 Å². The van der Waals surface area contributed by atoms with E-state index >= 15 is 0 Å². The lowest BCUT2D eigenvalue weighted by Crippen LogP contribution is -2.42. The second-order valence-electron chi connectivity index (χ2n) is 7.11. The summed E-state index contributed by atoms with van der Waals surface area (Å²) in [6.45, 7) is 1.60. The van der Waals surface area contributed by atoms with Crippen LogP contribution in [0, 0.1) is 23.5 Å². The first kappa shape index (κ1) is 22.9. The van der Waals surface area contributed by atoms with E-state index in [0.717, 1.165) is 18.6 Å². The number of alkyl halides is 3. The molecule has 2 saturated heterocycles. The maximum absolute atomic E-state index is 14.0. The number of halogens is 5. The van der Waals surface area contributed by atoms with Crippen molar-refractivity contribution >= 4 is 0 Å². The van der Waals surface area contributed by atoms with Crippen molar-refractivity contribution in [3.05, 3.63) is 41.5 Å². The molecule has 1 aromatic rings. The molecule has 5 nitrogen and oxygen atoms in total. The molecule has 0 spiro atoms. The Bertz CT molecular complexity index is 700. The van der Waals surface area contributed by atoms with Crippen LogP contribution in [-0.2, 0) is 18.9 Å². The van der Waals surface area contributed by atoms with Gasteiger partial charge >= 0.3 is 6.18 Å². The summed E-state index contributed by atoms with van der Waals surface area (Å²) in [5, 5.41) is 0. The van der Waals surface area contributed by atoms with Gasteiger partial charge in [0.05, 0.1) is 32.3 Å². The molecule has 0 radical (unpaired) electrons. The van der Waals surface area contributed by atoms with Gasteiger partial charge in [-0.1, -0.05) is 19.1 Å². The first-order valence-corrected chi connectivity index (χ1v) is 9.58. The SMILES string of the molecule is CC/C=C/C1COC(C2COC(c3cc(F)c(OCC(F)(F)F)c(F)c3)OC2)OC1. The molecule has 2 heterocycles. The van der Waals surface area contributed by atoms with Crippen molar-refractivity contribution in [2.45, 2.75) is 32.1 Å². The Morgan fingerprint density at radius 3 is 2.13 bits per heavy atom. The van der Waals surface area contributed by atoms with Crippen LogP contribution in [0.1, 0.15) is 25.2 Å². The first-order valence-electron chi connectivity index (χ1n) is 9.58. The van der Waals surface area contributed by atoms with E-state index in [2.05, 4.69) is 4.74 Å². The van der Waals surface area contributed by atoms with E-state index < -0.39 is 42.7 Å². The fourth-order valence-corrected chi connectivity index (χ4v) is 3.12. The van der Waals surface area contributed by atoms with Crippen LogP contribution < -0.4 is 4.74 Å². The topological polar surface area (TPSA) is 46.2 Å². The Kier molecular flexibility index (Phi) is 7.67. The quantitative estimate of drug-likeness (QED) is 0.483. The minimum atomic E-state index is -4.71. The van der Waals surface area contributed by atoms with Gasteiger partial charge < -0.3 is 23.7 Å². The summed E-state index contributed by atoms with van der Waals surface area (Å²) in [5.41, 5.74) is -0.00180. The van der Waals surface area contributed by atoms with Crippen LogP contribution in [0.25, 0.3) is 0 Å². The number of hydrogen-bond donors (Lipinski definition) is 0. The third-order valence-corrected chi connectivity index (χ3v) is 4.57. The predicted octanol–water partition coefficient (Wildman–Crippen LogP) is 4.52. The lowest BCUT2D eigenvalue weighted by atomic mass is 10.1. The molecule has 0 amide bonds. The molecule has 10 heteroatoms. The minimum absolute atomic E-state index is 0.00180. The van der Waals surface area contributed by atoms with Crippen molar-refractivity contribution in [2.75, 3.05) is 33.0 Å². The maximum atomic E-state index is 14.0. The Morgan fingerprint density at radius 1 is 1.00 bits per heavy atom. The Balaban J connectivity index is 1.53. The first-order chi connectivity index (χ1) is 14.3. The highest BCUT2D eigenvalue weighted by molar-refractivity contribution is 5.32. The Hall–Kier alpha value is -1.75. The summed E-state index contributed by atoms with van der Waals surface area (Å²) in [4.78, 5) is 0. The van der Waals surface area contributed by atoms with Gasteiger partial charge in [-0.05, 0) is 18.6 Å². The van der Waals surface area contributed by atoms with Crippen molar-refractivity contribution in [1.82, 2.24) is 0 Å². The lowest BCUT2D eigenvalue weighted by molar-refractivity contribution is -0.280. The monoisotopic (exact) mass is 438 g/mol. The van der Waals surface area contributed by atoms with Gasteiger partial charge in [-0.15, -0.1) is 0 Å². The van der Waals surface area contributed by atoms with Gasteiger partial charge in [0.15, 0.2) is 36.6 Å². The average molecular weight is 438 g/mol. The van der Waals surface area contributed by atoms with Crippen molar-refractivity contribution in [3.63, 3.8) is 0 Å². The van der Waals surface area contributed by atoms with Crippen LogP contribution >= 0.6 is 0 Å². The lowest BCUT2D eigenvalue weighted by Gasteiger charge is -2.37.